The molecule has 1 saturated carbocycles. The summed E-state index contributed by atoms with van der Waals surface area (Å²) >= 11 is 0. The quantitative estimate of drug-likeness (QED) is 0.384. The molecule has 1 aliphatic carbocycles. The molecule has 24 heavy (non-hydrogen) atoms. The van der Waals surface area contributed by atoms with Gasteiger partial charge in [-0.15, -0.1) is 24.0 Å². The number of amides is 1. The molecule has 0 bridgehead atoms. The lowest BCUT2D eigenvalue weighted by atomic mass is 9.79. The fourth-order valence-electron chi connectivity index (χ4n) is 4.21. The lowest BCUT2D eigenvalue weighted by molar-refractivity contribution is -0.119. The van der Waals surface area contributed by atoms with Crippen LogP contribution in [0.3, 0.4) is 0 Å². The Kier molecular flexibility index (Phi) is 6.75. The van der Waals surface area contributed by atoms with Crippen molar-refractivity contribution in [2.75, 3.05) is 47.3 Å². The average Bonchev–Trinajstić information content (AvgIpc) is 3.29. The van der Waals surface area contributed by atoms with Gasteiger partial charge in [-0.2, -0.15) is 0 Å². The number of carbonyl (C=O) groups is 1. The largest absolute Gasteiger partial charge is 0.355 e. The Morgan fingerprint density at radius 2 is 2.25 bits per heavy atom. The highest BCUT2D eigenvalue weighted by atomic mass is 127. The maximum absolute atomic E-state index is 11.7. The minimum atomic E-state index is 0. The molecule has 1 amide bonds. The molecule has 138 valence electrons. The summed E-state index contributed by atoms with van der Waals surface area (Å²) in [5, 5.41) is 6.60. The van der Waals surface area contributed by atoms with E-state index in [0.717, 1.165) is 50.9 Å². The molecule has 0 radical (unpaired) electrons. The van der Waals surface area contributed by atoms with Crippen LogP contribution in [-0.4, -0.2) is 75.0 Å². The van der Waals surface area contributed by atoms with Crippen molar-refractivity contribution in [2.45, 2.75) is 38.1 Å². The van der Waals surface area contributed by atoms with Gasteiger partial charge in [0.2, 0.25) is 5.91 Å². The third-order valence-corrected chi connectivity index (χ3v) is 5.67. The predicted molar refractivity (Wildman–Crippen MR) is 108 cm³/mol. The Balaban J connectivity index is 0.00000208. The van der Waals surface area contributed by atoms with E-state index in [4.69, 9.17) is 0 Å². The SMILES string of the molecule is CN=C(NCC(C1CC1)N(C)C)N1CCCC2(CNC(=O)C2)C1.I. The highest BCUT2D eigenvalue weighted by Crippen LogP contribution is 2.36. The molecule has 7 heteroatoms. The van der Waals surface area contributed by atoms with Gasteiger partial charge in [0.25, 0.3) is 0 Å². The second kappa shape index (κ2) is 8.21. The van der Waals surface area contributed by atoms with E-state index in [1.165, 1.54) is 12.8 Å². The highest BCUT2D eigenvalue weighted by Gasteiger charge is 2.42. The molecule has 0 aromatic carbocycles. The maximum atomic E-state index is 11.7. The number of carbonyl (C=O) groups excluding carboxylic acids is 1. The van der Waals surface area contributed by atoms with Crippen molar-refractivity contribution in [3.63, 3.8) is 0 Å². The molecule has 2 aliphatic heterocycles. The summed E-state index contributed by atoms with van der Waals surface area (Å²) < 4.78 is 0. The number of halogens is 1. The smallest absolute Gasteiger partial charge is 0.220 e. The average molecular weight is 449 g/mol. The standard InChI is InChI=1S/C17H31N5O.HI/c1-18-16(19-10-14(21(2)3)13-5-6-13)22-8-4-7-17(12-22)9-15(23)20-11-17;/h13-14H,4-12H2,1-3H3,(H,18,19)(H,20,23);1H. The second-order valence-electron chi connectivity index (χ2n) is 7.78. The van der Waals surface area contributed by atoms with Gasteiger partial charge in [-0.05, 0) is 45.7 Å². The van der Waals surface area contributed by atoms with Crippen molar-refractivity contribution in [1.82, 2.24) is 20.4 Å². The van der Waals surface area contributed by atoms with E-state index < -0.39 is 0 Å². The van der Waals surface area contributed by atoms with E-state index in [1.54, 1.807) is 0 Å². The van der Waals surface area contributed by atoms with Crippen molar-refractivity contribution in [2.24, 2.45) is 16.3 Å². The van der Waals surface area contributed by atoms with Gasteiger partial charge < -0.3 is 20.4 Å². The van der Waals surface area contributed by atoms with Crippen LogP contribution < -0.4 is 10.6 Å². The van der Waals surface area contributed by atoms with E-state index in [2.05, 4.69) is 39.5 Å². The molecule has 2 unspecified atom stereocenters. The van der Waals surface area contributed by atoms with Crippen LogP contribution in [0, 0.1) is 11.3 Å². The molecule has 3 aliphatic rings. The van der Waals surface area contributed by atoms with E-state index in [1.807, 2.05) is 7.05 Å². The molecule has 3 fully saturated rings. The Bertz CT molecular complexity index is 478. The van der Waals surface area contributed by atoms with Gasteiger partial charge in [-0.1, -0.05) is 0 Å². The number of guanidine groups is 1. The van der Waals surface area contributed by atoms with Crippen molar-refractivity contribution < 1.29 is 4.79 Å². The number of hydrogen-bond donors (Lipinski definition) is 2. The predicted octanol–water partition coefficient (Wildman–Crippen LogP) is 1.12. The molecular formula is C17H32IN5O. The van der Waals surface area contributed by atoms with Crippen LogP contribution in [0.15, 0.2) is 4.99 Å². The van der Waals surface area contributed by atoms with Crippen LogP contribution in [0.25, 0.3) is 0 Å². The van der Waals surface area contributed by atoms with Gasteiger partial charge in [-0.3, -0.25) is 9.79 Å². The Morgan fingerprint density at radius 3 is 2.79 bits per heavy atom. The lowest BCUT2D eigenvalue weighted by Crippen LogP contribution is -2.53. The number of piperidine rings is 1. The first-order valence-corrected chi connectivity index (χ1v) is 8.92. The van der Waals surface area contributed by atoms with Crippen LogP contribution in [0.1, 0.15) is 32.1 Å². The van der Waals surface area contributed by atoms with Crippen molar-refractivity contribution in [3.05, 3.63) is 0 Å². The first-order valence-electron chi connectivity index (χ1n) is 8.92. The number of likely N-dealkylation sites (tertiary alicyclic amines) is 1. The minimum absolute atomic E-state index is 0. The summed E-state index contributed by atoms with van der Waals surface area (Å²) in [5.41, 5.74) is 0.115. The van der Waals surface area contributed by atoms with Crippen molar-refractivity contribution in [3.8, 4) is 0 Å². The summed E-state index contributed by atoms with van der Waals surface area (Å²) in [5.74, 6) is 2.03. The van der Waals surface area contributed by atoms with Crippen LogP contribution in [-0.2, 0) is 4.79 Å². The number of nitrogens with zero attached hydrogens (tertiary/aromatic N) is 3. The first kappa shape index (κ1) is 19.8. The van der Waals surface area contributed by atoms with E-state index in [0.29, 0.717) is 12.5 Å². The van der Waals surface area contributed by atoms with Crippen LogP contribution in [0.5, 0.6) is 0 Å². The molecule has 6 nitrogen and oxygen atoms in total. The minimum Gasteiger partial charge on any atom is -0.355 e. The van der Waals surface area contributed by atoms with E-state index in [9.17, 15) is 4.79 Å². The van der Waals surface area contributed by atoms with E-state index in [-0.39, 0.29) is 35.3 Å². The molecular weight excluding hydrogens is 417 g/mol. The molecule has 0 aromatic rings. The third kappa shape index (κ3) is 4.53. The Hall–Kier alpha value is -0.570. The number of hydrogen-bond acceptors (Lipinski definition) is 3. The monoisotopic (exact) mass is 449 g/mol. The highest BCUT2D eigenvalue weighted by molar-refractivity contribution is 14.0. The topological polar surface area (TPSA) is 60.0 Å². The second-order valence-corrected chi connectivity index (χ2v) is 7.78. The van der Waals surface area contributed by atoms with Gasteiger partial charge in [0, 0.05) is 51.1 Å². The van der Waals surface area contributed by atoms with E-state index >= 15 is 0 Å². The number of nitrogens with one attached hydrogen (secondary N) is 2. The Morgan fingerprint density at radius 1 is 1.50 bits per heavy atom. The molecule has 2 heterocycles. The fourth-order valence-corrected chi connectivity index (χ4v) is 4.21. The molecule has 3 rings (SSSR count). The van der Waals surface area contributed by atoms with Gasteiger partial charge in [0.05, 0.1) is 0 Å². The van der Waals surface area contributed by atoms with Gasteiger partial charge in [-0.25, -0.2) is 0 Å². The zero-order valence-corrected chi connectivity index (χ0v) is 17.5. The summed E-state index contributed by atoms with van der Waals surface area (Å²) in [6.45, 7) is 3.74. The zero-order chi connectivity index (χ0) is 16.4. The maximum Gasteiger partial charge on any atom is 0.220 e. The molecule has 1 spiro atoms. The number of aliphatic imine (C=N–C) groups is 1. The Labute approximate surface area is 162 Å². The fraction of sp³-hybridized carbons (Fsp3) is 0.882. The first-order chi connectivity index (χ1) is 11.0. The van der Waals surface area contributed by atoms with Crippen molar-refractivity contribution in [1.29, 1.82) is 0 Å². The molecule has 2 N–H and O–H groups in total. The third-order valence-electron chi connectivity index (χ3n) is 5.67. The van der Waals surface area contributed by atoms with Gasteiger partial charge >= 0.3 is 0 Å². The lowest BCUT2D eigenvalue weighted by Gasteiger charge is -2.41. The van der Waals surface area contributed by atoms with Gasteiger partial charge in [0.15, 0.2) is 5.96 Å². The summed E-state index contributed by atoms with van der Waals surface area (Å²) in [7, 11) is 6.20. The molecule has 2 atom stereocenters. The normalized spacial score (nSPS) is 28.8. The zero-order valence-electron chi connectivity index (χ0n) is 15.2. The summed E-state index contributed by atoms with van der Waals surface area (Å²) in [6.07, 6.45) is 5.65. The van der Waals surface area contributed by atoms with Gasteiger partial charge in [0.1, 0.15) is 0 Å². The van der Waals surface area contributed by atoms with Crippen LogP contribution in [0.4, 0.5) is 0 Å². The molecule has 2 saturated heterocycles. The number of likely N-dealkylation sites (N-methyl/N-ethyl adjacent to an activating group) is 1. The van der Waals surface area contributed by atoms with Crippen LogP contribution >= 0.6 is 24.0 Å². The van der Waals surface area contributed by atoms with Crippen molar-refractivity contribution >= 4 is 35.8 Å². The summed E-state index contributed by atoms with van der Waals surface area (Å²) in [4.78, 5) is 20.8. The van der Waals surface area contributed by atoms with Crippen LogP contribution in [0.2, 0.25) is 0 Å². The summed E-state index contributed by atoms with van der Waals surface area (Å²) in [6, 6.07) is 0.584. The molecule has 0 aromatic heterocycles. The number of rotatable bonds is 4.